The van der Waals surface area contributed by atoms with Gasteiger partial charge in [-0.3, -0.25) is 4.79 Å². The molecule has 1 aliphatic carbocycles. The summed E-state index contributed by atoms with van der Waals surface area (Å²) >= 11 is 0. The van der Waals surface area contributed by atoms with Crippen LogP contribution in [0.1, 0.15) is 33.1 Å². The number of allylic oxidation sites excluding steroid dienone is 2. The fourth-order valence-corrected chi connectivity index (χ4v) is 1.08. The quantitative estimate of drug-likeness (QED) is 0.685. The van der Waals surface area contributed by atoms with Crippen LogP contribution in [0.2, 0.25) is 0 Å². The molecule has 0 radical (unpaired) electrons. The summed E-state index contributed by atoms with van der Waals surface area (Å²) in [6.07, 6.45) is 6.51. The summed E-state index contributed by atoms with van der Waals surface area (Å²) in [6.45, 7) is 3.06. The lowest BCUT2D eigenvalue weighted by Crippen LogP contribution is -1.95. The molecule has 0 N–H and O–H groups in total. The van der Waals surface area contributed by atoms with Crippen molar-refractivity contribution in [2.24, 2.45) is 0 Å². The molecule has 0 heterocycles. The number of ketones is 2. The second kappa shape index (κ2) is 10.8. The van der Waals surface area contributed by atoms with Crippen LogP contribution in [0.5, 0.6) is 0 Å². The highest BCUT2D eigenvalue weighted by Gasteiger charge is 1.98. The first kappa shape index (κ1) is 15.3. The molecule has 0 unspecified atom stereocenters. The number of benzene rings is 1. The van der Waals surface area contributed by atoms with Crippen LogP contribution in [0.15, 0.2) is 48.6 Å². The van der Waals surface area contributed by atoms with Gasteiger partial charge >= 0.3 is 0 Å². The highest BCUT2D eigenvalue weighted by molar-refractivity contribution is 5.90. The molecule has 0 spiro atoms. The minimum atomic E-state index is 0.167. The maximum atomic E-state index is 10.4. The van der Waals surface area contributed by atoms with Crippen molar-refractivity contribution >= 4 is 11.6 Å². The van der Waals surface area contributed by atoms with E-state index in [1.54, 1.807) is 6.08 Å². The minimum Gasteiger partial charge on any atom is -0.300 e. The molecule has 0 amide bonds. The smallest absolute Gasteiger partial charge is 0.155 e. The van der Waals surface area contributed by atoms with Crippen LogP contribution in [0, 0.1) is 0 Å². The van der Waals surface area contributed by atoms with E-state index in [-0.39, 0.29) is 11.6 Å². The second-order valence-corrected chi connectivity index (χ2v) is 3.82. The molecule has 2 nitrogen and oxygen atoms in total. The van der Waals surface area contributed by atoms with E-state index in [1.165, 1.54) is 13.8 Å². The van der Waals surface area contributed by atoms with Gasteiger partial charge in [0, 0.05) is 6.42 Å². The normalized spacial score (nSPS) is 12.7. The summed E-state index contributed by atoms with van der Waals surface area (Å²) in [5.74, 6) is 0.450. The van der Waals surface area contributed by atoms with Gasteiger partial charge in [-0.1, -0.05) is 42.5 Å². The first-order chi connectivity index (χ1) is 8.13. The second-order valence-electron chi connectivity index (χ2n) is 3.82. The van der Waals surface area contributed by atoms with Crippen molar-refractivity contribution in [1.82, 2.24) is 0 Å². The summed E-state index contributed by atoms with van der Waals surface area (Å²) in [5.41, 5.74) is 0. The number of carbonyl (C=O) groups is 2. The maximum absolute atomic E-state index is 10.4. The average Bonchev–Trinajstić information content (AvgIpc) is 2.32. The van der Waals surface area contributed by atoms with Gasteiger partial charge in [0.2, 0.25) is 0 Å². The van der Waals surface area contributed by atoms with Crippen molar-refractivity contribution in [1.29, 1.82) is 0 Å². The van der Waals surface area contributed by atoms with Crippen molar-refractivity contribution < 1.29 is 9.59 Å². The Morgan fingerprint density at radius 2 is 1.41 bits per heavy atom. The summed E-state index contributed by atoms with van der Waals surface area (Å²) < 4.78 is 0. The van der Waals surface area contributed by atoms with Gasteiger partial charge < -0.3 is 4.79 Å². The van der Waals surface area contributed by atoms with Crippen molar-refractivity contribution in [2.45, 2.75) is 33.1 Å². The number of Topliss-reactive ketones (excluding diaryl/α,β-unsaturated/α-hetero) is 1. The van der Waals surface area contributed by atoms with Gasteiger partial charge in [-0.15, -0.1) is 0 Å². The molecule has 1 aromatic rings. The number of hydrogen-bond acceptors (Lipinski definition) is 2. The molecular formula is C15H20O2. The van der Waals surface area contributed by atoms with Crippen molar-refractivity contribution in [3.05, 3.63) is 48.6 Å². The molecule has 1 aliphatic rings. The Bertz CT molecular complexity index is 308. The van der Waals surface area contributed by atoms with E-state index in [4.69, 9.17) is 0 Å². The molecular weight excluding hydrogens is 212 g/mol. The molecule has 17 heavy (non-hydrogen) atoms. The molecule has 0 saturated carbocycles. The lowest BCUT2D eigenvalue weighted by Gasteiger charge is -1.97. The van der Waals surface area contributed by atoms with Gasteiger partial charge in [0.05, 0.1) is 0 Å². The molecule has 92 valence electrons. The maximum Gasteiger partial charge on any atom is 0.155 e. The van der Waals surface area contributed by atoms with Gasteiger partial charge in [0.1, 0.15) is 5.78 Å². The van der Waals surface area contributed by atoms with Crippen molar-refractivity contribution in [3.63, 3.8) is 0 Å². The molecule has 1 aromatic carbocycles. The Labute approximate surface area is 103 Å². The topological polar surface area (TPSA) is 34.1 Å². The molecule has 0 aromatic heterocycles. The Kier molecular flexibility index (Phi) is 9.73. The van der Waals surface area contributed by atoms with Gasteiger partial charge in [-0.05, 0) is 32.8 Å². The summed E-state index contributed by atoms with van der Waals surface area (Å²) in [6, 6.07) is 12.0. The summed E-state index contributed by atoms with van der Waals surface area (Å²) in [5, 5.41) is 0. The standard InChI is InChI=1S/C6H8O.C6H6.C3H6O/c7-6-4-2-1-3-5-6;1-2-4-6-5-3-1;1-3(2)4/h2,4H,1,3,5H2;1-6H;1-2H3. The largest absolute Gasteiger partial charge is 0.300 e. The monoisotopic (exact) mass is 232 g/mol. The van der Waals surface area contributed by atoms with E-state index < -0.39 is 0 Å². The van der Waals surface area contributed by atoms with E-state index in [0.717, 1.165) is 19.3 Å². The van der Waals surface area contributed by atoms with Crippen LogP contribution >= 0.6 is 0 Å². The zero-order valence-corrected chi connectivity index (χ0v) is 10.6. The Morgan fingerprint density at radius 3 is 1.59 bits per heavy atom. The van der Waals surface area contributed by atoms with Crippen LogP contribution in [0.4, 0.5) is 0 Å². The first-order valence-electron chi connectivity index (χ1n) is 5.79. The highest BCUT2D eigenvalue weighted by Crippen LogP contribution is 2.04. The van der Waals surface area contributed by atoms with Gasteiger partial charge in [-0.2, -0.15) is 0 Å². The third kappa shape index (κ3) is 14.3. The summed E-state index contributed by atoms with van der Waals surface area (Å²) in [4.78, 5) is 19.8. The van der Waals surface area contributed by atoms with Crippen molar-refractivity contribution in [3.8, 4) is 0 Å². The SMILES string of the molecule is CC(C)=O.O=C1C=CCCC1.c1ccccc1. The molecule has 0 aliphatic heterocycles. The van der Waals surface area contributed by atoms with Crippen LogP contribution in [-0.2, 0) is 9.59 Å². The predicted octanol–water partition coefficient (Wildman–Crippen LogP) is 3.58. The third-order valence-corrected chi connectivity index (χ3v) is 1.76. The molecule has 2 rings (SSSR count). The predicted molar refractivity (Wildman–Crippen MR) is 70.8 cm³/mol. The van der Waals surface area contributed by atoms with Crippen LogP contribution in [0.3, 0.4) is 0 Å². The fourth-order valence-electron chi connectivity index (χ4n) is 1.08. The Hall–Kier alpha value is -1.70. The Morgan fingerprint density at radius 1 is 1.00 bits per heavy atom. The minimum absolute atomic E-state index is 0.167. The van der Waals surface area contributed by atoms with E-state index >= 15 is 0 Å². The number of rotatable bonds is 0. The number of hydrogen-bond donors (Lipinski definition) is 0. The van der Waals surface area contributed by atoms with Crippen LogP contribution < -0.4 is 0 Å². The lowest BCUT2D eigenvalue weighted by molar-refractivity contribution is -0.115. The Balaban J connectivity index is 0.000000236. The average molecular weight is 232 g/mol. The van der Waals surface area contributed by atoms with Gasteiger partial charge in [-0.25, -0.2) is 0 Å². The van der Waals surface area contributed by atoms with Crippen molar-refractivity contribution in [2.75, 3.05) is 0 Å². The zero-order chi connectivity index (χ0) is 12.9. The fraction of sp³-hybridized carbons (Fsp3) is 0.333. The van der Waals surface area contributed by atoms with Crippen LogP contribution in [0.25, 0.3) is 0 Å². The molecule has 0 bridgehead atoms. The first-order valence-corrected chi connectivity index (χ1v) is 5.79. The zero-order valence-electron chi connectivity index (χ0n) is 10.6. The van der Waals surface area contributed by atoms with Gasteiger partial charge in [0.25, 0.3) is 0 Å². The molecule has 0 atom stereocenters. The van der Waals surface area contributed by atoms with E-state index in [9.17, 15) is 9.59 Å². The van der Waals surface area contributed by atoms with E-state index in [1.807, 2.05) is 42.5 Å². The van der Waals surface area contributed by atoms with Gasteiger partial charge in [0.15, 0.2) is 5.78 Å². The number of carbonyl (C=O) groups excluding carboxylic acids is 2. The molecule has 0 fully saturated rings. The van der Waals surface area contributed by atoms with Crippen LogP contribution in [-0.4, -0.2) is 11.6 Å². The van der Waals surface area contributed by atoms with E-state index in [2.05, 4.69) is 0 Å². The lowest BCUT2D eigenvalue weighted by atomic mass is 10.1. The molecule has 2 heteroatoms. The third-order valence-electron chi connectivity index (χ3n) is 1.76. The summed E-state index contributed by atoms with van der Waals surface area (Å²) in [7, 11) is 0. The highest BCUT2D eigenvalue weighted by atomic mass is 16.1. The molecule has 0 saturated heterocycles. The van der Waals surface area contributed by atoms with E-state index in [0.29, 0.717) is 0 Å².